The Morgan fingerprint density at radius 3 is 2.75 bits per heavy atom. The van der Waals surface area contributed by atoms with Gasteiger partial charge in [-0.2, -0.15) is 0 Å². The molecule has 0 rings (SSSR count). The third kappa shape index (κ3) is 5.40. The van der Waals surface area contributed by atoms with Gasteiger partial charge in [0.2, 0.25) is 0 Å². The van der Waals surface area contributed by atoms with E-state index in [1.807, 2.05) is 0 Å². The molecule has 48 valence electrons. The fraction of sp³-hybridized carbons (Fsp3) is 1.00. The first-order chi connectivity index (χ1) is 3.91. The minimum absolute atomic E-state index is 0.720. The molecule has 0 aromatic carbocycles. The summed E-state index contributed by atoms with van der Waals surface area (Å²) in [6, 6.07) is 0. The van der Waals surface area contributed by atoms with Crippen LogP contribution in [-0.4, -0.2) is 6.54 Å². The van der Waals surface area contributed by atoms with Gasteiger partial charge in [0, 0.05) is 11.8 Å². The summed E-state index contributed by atoms with van der Waals surface area (Å²) in [6.07, 6.45) is 3.39. The topological polar surface area (TPSA) is 41.5 Å². The summed E-state index contributed by atoms with van der Waals surface area (Å²) in [5, 5.41) is 2.51. The second-order valence-electron chi connectivity index (χ2n) is 1.71. The van der Waals surface area contributed by atoms with Crippen molar-refractivity contribution in [1.82, 2.24) is 5.43 Å². The van der Waals surface area contributed by atoms with Crippen molar-refractivity contribution in [3.05, 3.63) is 4.91 Å². The van der Waals surface area contributed by atoms with Crippen LogP contribution in [0, 0.1) is 4.91 Å². The first kappa shape index (κ1) is 7.40. The van der Waals surface area contributed by atoms with Crippen molar-refractivity contribution >= 4 is 0 Å². The van der Waals surface area contributed by atoms with Crippen LogP contribution in [0.15, 0.2) is 5.29 Å². The lowest BCUT2D eigenvalue weighted by Gasteiger charge is -1.92. The number of nitroso groups, excluding NO2 is 1. The van der Waals surface area contributed by atoms with Crippen molar-refractivity contribution in [2.24, 2.45) is 5.29 Å². The molecule has 0 spiro atoms. The largest absolute Gasteiger partial charge is 0.274 e. The first-order valence-electron chi connectivity index (χ1n) is 2.97. The lowest BCUT2D eigenvalue weighted by atomic mass is 10.3. The lowest BCUT2D eigenvalue weighted by molar-refractivity contribution is 0.636. The number of hydrogen-bond donors (Lipinski definition) is 1. The molecule has 0 aliphatic rings. The van der Waals surface area contributed by atoms with Crippen molar-refractivity contribution in [2.75, 3.05) is 6.54 Å². The third-order valence-corrected chi connectivity index (χ3v) is 0.957. The Kier molecular flexibility index (Phi) is 5.92. The molecule has 0 saturated carbocycles. The van der Waals surface area contributed by atoms with Gasteiger partial charge in [-0.1, -0.05) is 19.8 Å². The summed E-state index contributed by atoms with van der Waals surface area (Å²) >= 11 is 0. The molecule has 8 heavy (non-hydrogen) atoms. The zero-order valence-corrected chi connectivity index (χ0v) is 5.18. The molecular weight excluding hydrogens is 104 g/mol. The highest BCUT2D eigenvalue weighted by Crippen LogP contribution is 1.90. The van der Waals surface area contributed by atoms with Crippen LogP contribution in [-0.2, 0) is 0 Å². The second kappa shape index (κ2) is 6.40. The highest BCUT2D eigenvalue weighted by atomic mass is 16.3. The van der Waals surface area contributed by atoms with Gasteiger partial charge in [0.1, 0.15) is 0 Å². The van der Waals surface area contributed by atoms with Gasteiger partial charge in [-0.15, -0.1) is 4.91 Å². The highest BCUT2D eigenvalue weighted by molar-refractivity contribution is 4.39. The number of rotatable bonds is 5. The van der Waals surface area contributed by atoms with Gasteiger partial charge in [0.25, 0.3) is 0 Å². The van der Waals surface area contributed by atoms with E-state index < -0.39 is 0 Å². The summed E-state index contributed by atoms with van der Waals surface area (Å²) in [7, 11) is 0. The predicted octanol–water partition coefficient (Wildman–Crippen LogP) is 1.45. The van der Waals surface area contributed by atoms with E-state index in [2.05, 4.69) is 17.6 Å². The van der Waals surface area contributed by atoms with Crippen molar-refractivity contribution < 1.29 is 0 Å². The standard InChI is InChI=1S/C5H12N2O/c1-2-3-4-5-6-7-8/h2-5H2,1H3,(H,6,8). The van der Waals surface area contributed by atoms with Crippen LogP contribution in [0.2, 0.25) is 0 Å². The molecule has 0 aromatic rings. The quantitative estimate of drug-likeness (QED) is 0.335. The van der Waals surface area contributed by atoms with E-state index in [9.17, 15) is 4.91 Å². The number of hydrogen-bond acceptors (Lipinski definition) is 2. The van der Waals surface area contributed by atoms with Crippen molar-refractivity contribution in [3.8, 4) is 0 Å². The van der Waals surface area contributed by atoms with E-state index in [0.29, 0.717) is 0 Å². The molecule has 0 radical (unpaired) electrons. The van der Waals surface area contributed by atoms with Crippen LogP contribution in [0.3, 0.4) is 0 Å². The SMILES string of the molecule is CCCCCNN=O. The van der Waals surface area contributed by atoms with Gasteiger partial charge >= 0.3 is 0 Å². The minimum atomic E-state index is 0.720. The molecule has 0 aliphatic carbocycles. The van der Waals surface area contributed by atoms with Crippen molar-refractivity contribution in [2.45, 2.75) is 26.2 Å². The van der Waals surface area contributed by atoms with E-state index in [0.717, 1.165) is 13.0 Å². The average molecular weight is 116 g/mol. The van der Waals surface area contributed by atoms with Crippen LogP contribution in [0.4, 0.5) is 0 Å². The van der Waals surface area contributed by atoms with Crippen LogP contribution in [0.25, 0.3) is 0 Å². The van der Waals surface area contributed by atoms with Crippen LogP contribution in [0.5, 0.6) is 0 Å². The maximum atomic E-state index is 9.41. The van der Waals surface area contributed by atoms with E-state index >= 15 is 0 Å². The summed E-state index contributed by atoms with van der Waals surface area (Å²) in [6.45, 7) is 2.84. The molecule has 0 amide bonds. The molecule has 0 unspecified atom stereocenters. The normalized spacial score (nSPS) is 8.62. The Hall–Kier alpha value is -0.600. The molecule has 0 bridgehead atoms. The zero-order chi connectivity index (χ0) is 6.24. The molecule has 0 aromatic heterocycles. The number of nitrogens with zero attached hydrogens (tertiary/aromatic N) is 1. The molecule has 0 aliphatic heterocycles. The Morgan fingerprint density at radius 1 is 1.50 bits per heavy atom. The molecule has 3 nitrogen and oxygen atoms in total. The number of nitrogens with one attached hydrogen (secondary N) is 1. The fourth-order valence-corrected chi connectivity index (χ4v) is 0.500. The van der Waals surface area contributed by atoms with Gasteiger partial charge in [-0.05, 0) is 6.42 Å². The molecule has 1 N–H and O–H groups in total. The van der Waals surface area contributed by atoms with Crippen molar-refractivity contribution in [1.29, 1.82) is 0 Å². The summed E-state index contributed by atoms with van der Waals surface area (Å²) in [4.78, 5) is 9.41. The van der Waals surface area contributed by atoms with E-state index in [-0.39, 0.29) is 0 Å². The predicted molar refractivity (Wildman–Crippen MR) is 33.3 cm³/mol. The maximum Gasteiger partial charge on any atom is 0.0496 e. The fourth-order valence-electron chi connectivity index (χ4n) is 0.500. The van der Waals surface area contributed by atoms with Gasteiger partial charge < -0.3 is 0 Å². The molecule has 3 heteroatoms. The van der Waals surface area contributed by atoms with Gasteiger partial charge in [-0.3, -0.25) is 5.43 Å². The molecule has 0 atom stereocenters. The van der Waals surface area contributed by atoms with E-state index in [1.165, 1.54) is 12.8 Å². The first-order valence-corrected chi connectivity index (χ1v) is 2.97. The number of unbranched alkanes of at least 4 members (excludes halogenated alkanes) is 2. The van der Waals surface area contributed by atoms with Crippen molar-refractivity contribution in [3.63, 3.8) is 0 Å². The van der Waals surface area contributed by atoms with Crippen LogP contribution in [0.1, 0.15) is 26.2 Å². The monoisotopic (exact) mass is 116 g/mol. The Bertz CT molecular complexity index is 56.4. The molecular formula is C5H12N2O. The average Bonchev–Trinajstić information content (AvgIpc) is 1.81. The van der Waals surface area contributed by atoms with E-state index in [1.54, 1.807) is 0 Å². The summed E-state index contributed by atoms with van der Waals surface area (Å²) in [5.41, 5.74) is 2.35. The summed E-state index contributed by atoms with van der Waals surface area (Å²) in [5.74, 6) is 0. The van der Waals surface area contributed by atoms with Gasteiger partial charge in [0.15, 0.2) is 0 Å². The van der Waals surface area contributed by atoms with Crippen LogP contribution < -0.4 is 5.43 Å². The summed E-state index contributed by atoms with van der Waals surface area (Å²) < 4.78 is 0. The Morgan fingerprint density at radius 2 is 2.25 bits per heavy atom. The lowest BCUT2D eigenvalue weighted by Crippen LogP contribution is -2.04. The smallest absolute Gasteiger partial charge is 0.0496 e. The molecule has 0 saturated heterocycles. The Balaban J connectivity index is 2.62. The highest BCUT2D eigenvalue weighted by Gasteiger charge is 1.81. The minimum Gasteiger partial charge on any atom is -0.274 e. The molecule has 0 fully saturated rings. The third-order valence-electron chi connectivity index (χ3n) is 0.957. The second-order valence-corrected chi connectivity index (χ2v) is 1.71. The van der Waals surface area contributed by atoms with Crippen LogP contribution >= 0.6 is 0 Å². The molecule has 0 heterocycles. The maximum absolute atomic E-state index is 9.41. The van der Waals surface area contributed by atoms with Gasteiger partial charge in [-0.25, -0.2) is 0 Å². The Labute approximate surface area is 49.4 Å². The van der Waals surface area contributed by atoms with Gasteiger partial charge in [0.05, 0.1) is 0 Å². The van der Waals surface area contributed by atoms with E-state index in [4.69, 9.17) is 0 Å². The zero-order valence-electron chi connectivity index (χ0n) is 5.18.